The standard InChI is InChI=1S/C17H23N3O3/c1-17(2,3)16(23)19-18-15(22)13-9-14(21)20(11-13)10-12-7-5-4-6-8-12/h4-8,13H,9-11H2,1-3H3,(H,18,22)(H,19,23). The van der Waals surface area contributed by atoms with Crippen molar-refractivity contribution in [2.45, 2.75) is 33.7 Å². The molecule has 1 aromatic rings. The number of rotatable bonds is 3. The molecule has 0 spiro atoms. The summed E-state index contributed by atoms with van der Waals surface area (Å²) in [6.07, 6.45) is 0.171. The molecule has 1 unspecified atom stereocenters. The fourth-order valence-electron chi connectivity index (χ4n) is 2.31. The summed E-state index contributed by atoms with van der Waals surface area (Å²) in [5.41, 5.74) is 5.27. The van der Waals surface area contributed by atoms with Gasteiger partial charge in [0.25, 0.3) is 0 Å². The third-order valence-electron chi connectivity index (χ3n) is 3.78. The first-order valence-electron chi connectivity index (χ1n) is 7.69. The molecule has 23 heavy (non-hydrogen) atoms. The van der Waals surface area contributed by atoms with Crippen LogP contribution < -0.4 is 10.9 Å². The molecule has 0 radical (unpaired) electrons. The van der Waals surface area contributed by atoms with Crippen molar-refractivity contribution in [1.29, 1.82) is 0 Å². The van der Waals surface area contributed by atoms with E-state index in [-0.39, 0.29) is 24.1 Å². The Morgan fingerprint density at radius 3 is 2.43 bits per heavy atom. The lowest BCUT2D eigenvalue weighted by Gasteiger charge is -2.19. The second kappa shape index (κ2) is 6.81. The van der Waals surface area contributed by atoms with E-state index in [0.29, 0.717) is 13.1 Å². The van der Waals surface area contributed by atoms with Crippen LogP contribution in [-0.2, 0) is 20.9 Å². The van der Waals surface area contributed by atoms with E-state index in [1.807, 2.05) is 30.3 Å². The summed E-state index contributed by atoms with van der Waals surface area (Å²) in [5.74, 6) is -1.08. The number of likely N-dealkylation sites (tertiary alicyclic amines) is 1. The number of nitrogens with one attached hydrogen (secondary N) is 2. The van der Waals surface area contributed by atoms with Gasteiger partial charge in [-0.1, -0.05) is 51.1 Å². The first kappa shape index (κ1) is 17.0. The number of amides is 3. The minimum Gasteiger partial charge on any atom is -0.338 e. The van der Waals surface area contributed by atoms with E-state index in [1.165, 1.54) is 0 Å². The van der Waals surface area contributed by atoms with Gasteiger partial charge in [0.05, 0.1) is 5.92 Å². The highest BCUT2D eigenvalue weighted by Crippen LogP contribution is 2.20. The molecule has 0 aliphatic carbocycles. The second-order valence-electron chi connectivity index (χ2n) is 6.85. The second-order valence-corrected chi connectivity index (χ2v) is 6.85. The van der Waals surface area contributed by atoms with Crippen LogP contribution in [0.5, 0.6) is 0 Å². The zero-order valence-electron chi connectivity index (χ0n) is 13.8. The molecule has 0 bridgehead atoms. The fourth-order valence-corrected chi connectivity index (χ4v) is 2.31. The topological polar surface area (TPSA) is 78.5 Å². The van der Waals surface area contributed by atoms with Crippen LogP contribution in [0, 0.1) is 11.3 Å². The lowest BCUT2D eigenvalue weighted by molar-refractivity contribution is -0.135. The summed E-state index contributed by atoms with van der Waals surface area (Å²) in [6, 6.07) is 9.65. The summed E-state index contributed by atoms with van der Waals surface area (Å²) in [6.45, 7) is 6.14. The quantitative estimate of drug-likeness (QED) is 0.823. The Morgan fingerprint density at radius 1 is 1.17 bits per heavy atom. The monoisotopic (exact) mass is 317 g/mol. The van der Waals surface area contributed by atoms with Crippen molar-refractivity contribution in [2.75, 3.05) is 6.54 Å². The number of hydrazine groups is 1. The van der Waals surface area contributed by atoms with Gasteiger partial charge in [0.1, 0.15) is 0 Å². The first-order chi connectivity index (χ1) is 10.8. The van der Waals surface area contributed by atoms with Crippen molar-refractivity contribution in [3.05, 3.63) is 35.9 Å². The minimum atomic E-state index is -0.585. The zero-order valence-corrected chi connectivity index (χ0v) is 13.8. The van der Waals surface area contributed by atoms with Gasteiger partial charge in [-0.2, -0.15) is 0 Å². The van der Waals surface area contributed by atoms with Crippen LogP contribution in [0.2, 0.25) is 0 Å². The number of carbonyl (C=O) groups excluding carboxylic acids is 3. The Hall–Kier alpha value is -2.37. The van der Waals surface area contributed by atoms with Gasteiger partial charge in [-0.15, -0.1) is 0 Å². The van der Waals surface area contributed by atoms with Crippen molar-refractivity contribution >= 4 is 17.7 Å². The van der Waals surface area contributed by atoms with Gasteiger partial charge in [0, 0.05) is 24.9 Å². The minimum absolute atomic E-state index is 0.0452. The number of hydrogen-bond acceptors (Lipinski definition) is 3. The Balaban J connectivity index is 1.87. The summed E-state index contributed by atoms with van der Waals surface area (Å²) in [7, 11) is 0. The van der Waals surface area contributed by atoms with Crippen molar-refractivity contribution in [3.8, 4) is 0 Å². The zero-order chi connectivity index (χ0) is 17.0. The molecule has 1 fully saturated rings. The molecule has 3 amide bonds. The largest absolute Gasteiger partial charge is 0.338 e. The van der Waals surface area contributed by atoms with Gasteiger partial charge >= 0.3 is 0 Å². The van der Waals surface area contributed by atoms with Gasteiger partial charge in [-0.05, 0) is 5.56 Å². The van der Waals surface area contributed by atoms with E-state index in [9.17, 15) is 14.4 Å². The molecule has 6 heteroatoms. The van der Waals surface area contributed by atoms with Gasteiger partial charge in [0.15, 0.2) is 0 Å². The summed E-state index contributed by atoms with van der Waals surface area (Å²) < 4.78 is 0. The molecule has 6 nitrogen and oxygen atoms in total. The predicted octanol–water partition coefficient (Wildman–Crippen LogP) is 1.23. The maximum absolute atomic E-state index is 12.1. The van der Waals surface area contributed by atoms with Crippen LogP contribution in [0.3, 0.4) is 0 Å². The summed E-state index contributed by atoms with van der Waals surface area (Å²) in [4.78, 5) is 37.6. The van der Waals surface area contributed by atoms with Gasteiger partial charge in [-0.25, -0.2) is 0 Å². The molecule has 1 heterocycles. The molecule has 2 N–H and O–H groups in total. The average molecular weight is 317 g/mol. The van der Waals surface area contributed by atoms with E-state index in [1.54, 1.807) is 25.7 Å². The van der Waals surface area contributed by atoms with E-state index in [0.717, 1.165) is 5.56 Å². The van der Waals surface area contributed by atoms with Crippen LogP contribution in [-0.4, -0.2) is 29.2 Å². The van der Waals surface area contributed by atoms with Crippen LogP contribution in [0.1, 0.15) is 32.8 Å². The van der Waals surface area contributed by atoms with Crippen molar-refractivity contribution in [3.63, 3.8) is 0 Å². The van der Waals surface area contributed by atoms with E-state index < -0.39 is 11.3 Å². The smallest absolute Gasteiger partial charge is 0.243 e. The Kier molecular flexibility index (Phi) is 5.03. The fraction of sp³-hybridized carbons (Fsp3) is 0.471. The van der Waals surface area contributed by atoms with Crippen molar-refractivity contribution < 1.29 is 14.4 Å². The SMILES string of the molecule is CC(C)(C)C(=O)NNC(=O)C1CC(=O)N(Cc2ccccc2)C1. The molecular weight excluding hydrogens is 294 g/mol. The normalized spacial score (nSPS) is 18.0. The summed E-state index contributed by atoms with van der Waals surface area (Å²) in [5, 5.41) is 0. The molecule has 1 aliphatic heterocycles. The van der Waals surface area contributed by atoms with Gasteiger partial charge < -0.3 is 4.90 Å². The summed E-state index contributed by atoms with van der Waals surface area (Å²) >= 11 is 0. The van der Waals surface area contributed by atoms with E-state index in [4.69, 9.17) is 0 Å². The maximum atomic E-state index is 12.1. The van der Waals surface area contributed by atoms with E-state index in [2.05, 4.69) is 10.9 Å². The van der Waals surface area contributed by atoms with Crippen LogP contribution in [0.15, 0.2) is 30.3 Å². The first-order valence-corrected chi connectivity index (χ1v) is 7.69. The van der Waals surface area contributed by atoms with Crippen molar-refractivity contribution in [1.82, 2.24) is 15.8 Å². The molecule has 1 aliphatic rings. The van der Waals surface area contributed by atoms with E-state index >= 15 is 0 Å². The number of hydrogen-bond donors (Lipinski definition) is 2. The lowest BCUT2D eigenvalue weighted by atomic mass is 9.96. The third-order valence-corrected chi connectivity index (χ3v) is 3.78. The van der Waals surface area contributed by atoms with Gasteiger partial charge in [0.2, 0.25) is 17.7 Å². The predicted molar refractivity (Wildman–Crippen MR) is 85.7 cm³/mol. The lowest BCUT2D eigenvalue weighted by Crippen LogP contribution is -2.48. The van der Waals surface area contributed by atoms with Crippen LogP contribution in [0.25, 0.3) is 0 Å². The Bertz CT molecular complexity index is 593. The molecule has 1 saturated heterocycles. The highest BCUT2D eigenvalue weighted by Gasteiger charge is 2.34. The molecule has 0 aromatic heterocycles. The molecule has 124 valence electrons. The number of nitrogens with zero attached hydrogens (tertiary/aromatic N) is 1. The average Bonchev–Trinajstić information content (AvgIpc) is 2.85. The third kappa shape index (κ3) is 4.55. The molecule has 0 saturated carbocycles. The maximum Gasteiger partial charge on any atom is 0.243 e. The molecule has 1 aromatic carbocycles. The van der Waals surface area contributed by atoms with Crippen LogP contribution >= 0.6 is 0 Å². The molecular formula is C17H23N3O3. The highest BCUT2D eigenvalue weighted by molar-refractivity contribution is 5.91. The molecule has 1 atom stereocenters. The van der Waals surface area contributed by atoms with Crippen LogP contribution in [0.4, 0.5) is 0 Å². The highest BCUT2D eigenvalue weighted by atomic mass is 16.2. The number of benzene rings is 1. The number of carbonyl (C=O) groups is 3. The van der Waals surface area contributed by atoms with Gasteiger partial charge in [-0.3, -0.25) is 25.2 Å². The Labute approximate surface area is 136 Å². The Morgan fingerprint density at radius 2 is 1.83 bits per heavy atom. The molecule has 2 rings (SSSR count). The van der Waals surface area contributed by atoms with Crippen molar-refractivity contribution in [2.24, 2.45) is 11.3 Å².